The van der Waals surface area contributed by atoms with Crippen molar-refractivity contribution in [2.45, 2.75) is 25.8 Å². The first kappa shape index (κ1) is 18.9. The molecule has 0 bridgehead atoms. The van der Waals surface area contributed by atoms with Gasteiger partial charge >= 0.3 is 0 Å². The zero-order valence-electron chi connectivity index (χ0n) is 17.6. The van der Waals surface area contributed by atoms with Gasteiger partial charge in [0, 0.05) is 32.6 Å². The minimum absolute atomic E-state index is 0.0511. The lowest BCUT2D eigenvalue weighted by molar-refractivity contribution is 0.0748. The summed E-state index contributed by atoms with van der Waals surface area (Å²) in [7, 11) is 1.72. The molecule has 156 valence electrons. The second kappa shape index (κ2) is 7.02. The molecule has 3 aromatic rings. The number of hydrogen-bond donors (Lipinski definition) is 0. The van der Waals surface area contributed by atoms with E-state index in [1.54, 1.807) is 7.11 Å². The van der Waals surface area contributed by atoms with E-state index in [0.29, 0.717) is 25.5 Å². The number of ether oxygens (including phenoxy) is 1. The smallest absolute Gasteiger partial charge is 0.289 e. The maximum absolute atomic E-state index is 13.2. The van der Waals surface area contributed by atoms with E-state index in [1.807, 2.05) is 37.1 Å². The zero-order chi connectivity index (χ0) is 20.9. The normalized spacial score (nSPS) is 20.0. The Bertz CT molecular complexity index is 1080. The number of likely N-dealkylation sites (tertiary alicyclic amines) is 1. The van der Waals surface area contributed by atoms with Crippen LogP contribution in [0.4, 0.5) is 5.69 Å². The van der Waals surface area contributed by atoms with E-state index in [2.05, 4.69) is 38.8 Å². The van der Waals surface area contributed by atoms with Crippen molar-refractivity contribution in [2.24, 2.45) is 0 Å². The molecule has 3 aromatic heterocycles. The number of methoxy groups -OCH3 is 1. The number of carbonyl (C=O) groups excluding carboxylic acids is 1. The molecule has 5 rings (SSSR count). The van der Waals surface area contributed by atoms with Gasteiger partial charge in [-0.3, -0.25) is 4.79 Å². The Hall–Kier alpha value is -3.06. The number of aromatic nitrogens is 2. The molecule has 1 saturated heterocycles. The molecule has 0 unspecified atom stereocenters. The van der Waals surface area contributed by atoms with Crippen LogP contribution < -0.4 is 4.90 Å². The third-order valence-corrected chi connectivity index (χ3v) is 6.46. The van der Waals surface area contributed by atoms with E-state index in [1.165, 1.54) is 0 Å². The third kappa shape index (κ3) is 2.69. The number of furan rings is 1. The predicted octanol–water partition coefficient (Wildman–Crippen LogP) is 3.29. The summed E-state index contributed by atoms with van der Waals surface area (Å²) >= 11 is 0. The standard InChI is InChI=1S/C23H26N4O3/c1-16-14-19(30-17(16)2)22(28)25-11-8-23(15-25)20-7-5-10-26(20)21-18(6-4-9-24-21)27(23)12-13-29-3/h4-7,9-10,14H,8,11-13,15H2,1-3H3/t23-/m0/s1. The first-order chi connectivity index (χ1) is 14.5. The number of pyridine rings is 1. The maximum atomic E-state index is 13.2. The molecule has 0 saturated carbocycles. The fourth-order valence-corrected chi connectivity index (χ4v) is 4.85. The van der Waals surface area contributed by atoms with Crippen LogP contribution in [0.25, 0.3) is 5.82 Å². The van der Waals surface area contributed by atoms with Crippen LogP contribution in [0.2, 0.25) is 0 Å². The Balaban J connectivity index is 1.56. The quantitative estimate of drug-likeness (QED) is 0.665. The lowest BCUT2D eigenvalue weighted by Gasteiger charge is -2.47. The summed E-state index contributed by atoms with van der Waals surface area (Å²) < 4.78 is 13.3. The van der Waals surface area contributed by atoms with E-state index < -0.39 is 0 Å². The highest BCUT2D eigenvalue weighted by Gasteiger charge is 2.51. The second-order valence-electron chi connectivity index (χ2n) is 8.11. The minimum Gasteiger partial charge on any atom is -0.456 e. The van der Waals surface area contributed by atoms with Crippen LogP contribution in [0, 0.1) is 13.8 Å². The average molecular weight is 406 g/mol. The zero-order valence-corrected chi connectivity index (χ0v) is 17.6. The molecule has 1 fully saturated rings. The molecule has 1 spiro atoms. The second-order valence-corrected chi connectivity index (χ2v) is 8.11. The van der Waals surface area contributed by atoms with Gasteiger partial charge in [-0.25, -0.2) is 4.98 Å². The number of amides is 1. The lowest BCUT2D eigenvalue weighted by atomic mass is 9.89. The van der Waals surface area contributed by atoms with E-state index in [0.717, 1.165) is 41.5 Å². The van der Waals surface area contributed by atoms with Crippen molar-refractivity contribution < 1.29 is 13.9 Å². The Kier molecular flexibility index (Phi) is 4.43. The van der Waals surface area contributed by atoms with Crippen LogP contribution in [0.3, 0.4) is 0 Å². The molecule has 30 heavy (non-hydrogen) atoms. The van der Waals surface area contributed by atoms with Crippen LogP contribution in [0.15, 0.2) is 47.1 Å². The number of nitrogens with zero attached hydrogens (tertiary/aromatic N) is 4. The molecular formula is C23H26N4O3. The Morgan fingerprint density at radius 2 is 2.17 bits per heavy atom. The first-order valence-electron chi connectivity index (χ1n) is 10.3. The molecule has 5 heterocycles. The van der Waals surface area contributed by atoms with Crippen molar-refractivity contribution in [2.75, 3.05) is 38.3 Å². The van der Waals surface area contributed by atoms with E-state index in [9.17, 15) is 4.79 Å². The fourth-order valence-electron chi connectivity index (χ4n) is 4.85. The van der Waals surface area contributed by atoms with E-state index in [-0.39, 0.29) is 11.4 Å². The van der Waals surface area contributed by atoms with Gasteiger partial charge in [0.2, 0.25) is 0 Å². The average Bonchev–Trinajstić information content (AvgIpc) is 3.48. The highest BCUT2D eigenvalue weighted by molar-refractivity contribution is 5.92. The number of fused-ring (bicyclic) bond motifs is 4. The number of rotatable bonds is 4. The van der Waals surface area contributed by atoms with Gasteiger partial charge < -0.3 is 23.5 Å². The van der Waals surface area contributed by atoms with Crippen molar-refractivity contribution in [3.63, 3.8) is 0 Å². The Morgan fingerprint density at radius 3 is 2.93 bits per heavy atom. The highest BCUT2D eigenvalue weighted by atomic mass is 16.5. The molecule has 2 aliphatic rings. The SMILES string of the molecule is COCCN1c2cccnc2-n2cccc2[C@@]12CCN(C(=O)c1cc(C)c(C)o1)C2. The van der Waals surface area contributed by atoms with Gasteiger partial charge in [-0.2, -0.15) is 0 Å². The third-order valence-electron chi connectivity index (χ3n) is 6.46. The van der Waals surface area contributed by atoms with Crippen LogP contribution in [0.1, 0.15) is 34.0 Å². The van der Waals surface area contributed by atoms with Crippen LogP contribution in [0.5, 0.6) is 0 Å². The van der Waals surface area contributed by atoms with Crippen molar-refractivity contribution in [3.8, 4) is 5.82 Å². The summed E-state index contributed by atoms with van der Waals surface area (Å²) in [6.45, 7) is 6.44. The number of hydrogen-bond acceptors (Lipinski definition) is 5. The highest BCUT2D eigenvalue weighted by Crippen LogP contribution is 2.47. The summed E-state index contributed by atoms with van der Waals surface area (Å²) in [5, 5.41) is 0. The Morgan fingerprint density at radius 1 is 1.30 bits per heavy atom. The first-order valence-corrected chi connectivity index (χ1v) is 10.3. The number of aryl methyl sites for hydroxylation is 2. The molecular weight excluding hydrogens is 380 g/mol. The molecule has 2 aliphatic heterocycles. The van der Waals surface area contributed by atoms with Gasteiger partial charge in [0.15, 0.2) is 11.6 Å². The molecule has 0 radical (unpaired) electrons. The van der Waals surface area contributed by atoms with Crippen LogP contribution in [-0.2, 0) is 10.3 Å². The van der Waals surface area contributed by atoms with Crippen molar-refractivity contribution in [1.82, 2.24) is 14.5 Å². The van der Waals surface area contributed by atoms with Crippen molar-refractivity contribution in [1.29, 1.82) is 0 Å². The van der Waals surface area contributed by atoms with Gasteiger partial charge in [0.05, 0.1) is 24.5 Å². The van der Waals surface area contributed by atoms with Gasteiger partial charge in [0.25, 0.3) is 5.91 Å². The van der Waals surface area contributed by atoms with E-state index >= 15 is 0 Å². The number of anilines is 1. The minimum atomic E-state index is -0.329. The van der Waals surface area contributed by atoms with Crippen LogP contribution in [-0.4, -0.2) is 53.7 Å². The summed E-state index contributed by atoms with van der Waals surface area (Å²) in [6, 6.07) is 10.1. The molecule has 0 N–H and O–H groups in total. The largest absolute Gasteiger partial charge is 0.456 e. The van der Waals surface area contributed by atoms with Crippen molar-refractivity contribution in [3.05, 3.63) is 65.5 Å². The Labute approximate surface area is 175 Å². The predicted molar refractivity (Wildman–Crippen MR) is 113 cm³/mol. The number of carbonyl (C=O) groups is 1. The summed E-state index contributed by atoms with van der Waals surface area (Å²) in [5.41, 5.74) is 2.90. The molecule has 1 atom stereocenters. The summed E-state index contributed by atoms with van der Waals surface area (Å²) in [4.78, 5) is 22.2. The monoisotopic (exact) mass is 406 g/mol. The van der Waals surface area contributed by atoms with Crippen LogP contribution >= 0.6 is 0 Å². The molecule has 7 nitrogen and oxygen atoms in total. The maximum Gasteiger partial charge on any atom is 0.289 e. The van der Waals surface area contributed by atoms with Gasteiger partial charge in [-0.1, -0.05) is 0 Å². The van der Waals surface area contributed by atoms with Gasteiger partial charge in [-0.05, 0) is 56.2 Å². The molecule has 7 heteroatoms. The van der Waals surface area contributed by atoms with Gasteiger partial charge in [-0.15, -0.1) is 0 Å². The van der Waals surface area contributed by atoms with Crippen molar-refractivity contribution >= 4 is 11.6 Å². The topological polar surface area (TPSA) is 63.7 Å². The lowest BCUT2D eigenvalue weighted by Crippen LogP contribution is -2.53. The van der Waals surface area contributed by atoms with E-state index in [4.69, 9.17) is 9.15 Å². The molecule has 1 amide bonds. The molecule has 0 aliphatic carbocycles. The van der Waals surface area contributed by atoms with Gasteiger partial charge in [0.1, 0.15) is 11.3 Å². The summed E-state index contributed by atoms with van der Waals surface area (Å²) in [5.74, 6) is 2.07. The fraction of sp³-hybridized carbons (Fsp3) is 0.391. The molecule has 0 aromatic carbocycles. The summed E-state index contributed by atoms with van der Waals surface area (Å²) in [6.07, 6.45) is 4.71.